The number of amides is 3. The molecule has 12 nitrogen and oxygen atoms in total. The van der Waals surface area contributed by atoms with Crippen molar-refractivity contribution < 1.29 is 29.1 Å². The predicted octanol–water partition coefficient (Wildman–Crippen LogP) is -2.38. The van der Waals surface area contributed by atoms with Crippen molar-refractivity contribution in [3.8, 4) is 0 Å². The van der Waals surface area contributed by atoms with Gasteiger partial charge in [-0.25, -0.2) is 4.79 Å². The van der Waals surface area contributed by atoms with Crippen LogP contribution in [0.25, 0.3) is 0 Å². The highest BCUT2D eigenvalue weighted by Crippen LogP contribution is 2.16. The summed E-state index contributed by atoms with van der Waals surface area (Å²) < 4.78 is 4.93. The molecule has 0 radical (unpaired) electrons. The number of hydrogen-bond acceptors (Lipinski definition) is 9. The Morgan fingerprint density at radius 3 is 2.44 bits per heavy atom. The number of aliphatic hydroxyl groups excluding tert-OH is 2. The number of aromatic nitrogens is 2. The highest BCUT2D eigenvalue weighted by Gasteiger charge is 2.27. The summed E-state index contributed by atoms with van der Waals surface area (Å²) in [4.78, 5) is 38.6. The minimum atomic E-state index is -1.13. The molecule has 1 aromatic heterocycles. The highest BCUT2D eigenvalue weighted by molar-refractivity contribution is 5.87. The summed E-state index contributed by atoms with van der Waals surface area (Å²) >= 11 is 0. The number of carbonyl (C=O) groups excluding carboxylic acids is 3. The van der Waals surface area contributed by atoms with E-state index in [1.54, 1.807) is 0 Å². The molecule has 12 heteroatoms. The molecule has 0 spiro atoms. The molecule has 1 rings (SSSR count). The Balaban J connectivity index is 2.89. The lowest BCUT2D eigenvalue weighted by Crippen LogP contribution is -2.51. The van der Waals surface area contributed by atoms with Crippen LogP contribution in [0.3, 0.4) is 0 Å². The van der Waals surface area contributed by atoms with Crippen molar-refractivity contribution >= 4 is 17.7 Å². The van der Waals surface area contributed by atoms with Crippen molar-refractivity contribution in [1.29, 1.82) is 0 Å². The number of nitrogens with one attached hydrogen (secondary N) is 2. The third-order valence-corrected chi connectivity index (χ3v) is 3.20. The number of rotatable bonds is 9. The van der Waals surface area contributed by atoms with Crippen LogP contribution >= 0.6 is 0 Å². The zero-order chi connectivity index (χ0) is 19.1. The largest absolute Gasteiger partial charge is 0.394 e. The topological polar surface area (TPSA) is 207 Å². The van der Waals surface area contributed by atoms with Gasteiger partial charge in [-0.15, -0.1) is 0 Å². The minimum absolute atomic E-state index is 0.0141. The first-order valence-electron chi connectivity index (χ1n) is 7.39. The predicted molar refractivity (Wildman–Crippen MR) is 82.7 cm³/mol. The monoisotopic (exact) mass is 358 g/mol. The Kier molecular flexibility index (Phi) is 7.42. The molecule has 0 fully saturated rings. The number of carbonyl (C=O) groups is 3. The minimum Gasteiger partial charge on any atom is -0.394 e. The molecule has 0 bridgehead atoms. The molecule has 4 atom stereocenters. The fraction of sp³-hybridized carbons (Fsp3) is 0.615. The molecule has 1 heterocycles. The summed E-state index contributed by atoms with van der Waals surface area (Å²) in [5.74, 6) is -1.37. The molecule has 1 aromatic rings. The zero-order valence-corrected chi connectivity index (χ0v) is 13.8. The van der Waals surface area contributed by atoms with Crippen molar-refractivity contribution in [2.45, 2.75) is 44.5 Å². The molecular formula is C13H22N6O6. The van der Waals surface area contributed by atoms with Crippen LogP contribution in [0.1, 0.15) is 44.1 Å². The van der Waals surface area contributed by atoms with Crippen LogP contribution in [-0.4, -0.2) is 56.8 Å². The molecule has 140 valence electrons. The van der Waals surface area contributed by atoms with Gasteiger partial charge in [0.25, 0.3) is 0 Å². The smallest absolute Gasteiger partial charge is 0.316 e. The number of aliphatic hydroxyl groups is 2. The molecule has 25 heavy (non-hydrogen) atoms. The third kappa shape index (κ3) is 6.10. The van der Waals surface area contributed by atoms with Gasteiger partial charge in [0.15, 0.2) is 11.6 Å². The van der Waals surface area contributed by atoms with E-state index in [0.717, 1.165) is 0 Å². The molecule has 0 aromatic carbocycles. The maximum atomic E-state index is 12.0. The fourth-order valence-corrected chi connectivity index (χ4v) is 1.93. The van der Waals surface area contributed by atoms with E-state index in [1.165, 1.54) is 13.8 Å². The first kappa shape index (κ1) is 20.5. The van der Waals surface area contributed by atoms with Gasteiger partial charge in [-0.1, -0.05) is 5.16 Å². The number of Topliss-reactive ketones (excluding diaryl/α,β-unsaturated/α-hetero) is 1. The normalized spacial score (nSPS) is 15.7. The van der Waals surface area contributed by atoms with Crippen LogP contribution in [0.15, 0.2) is 4.52 Å². The lowest BCUT2D eigenvalue weighted by Gasteiger charge is -2.20. The van der Waals surface area contributed by atoms with Gasteiger partial charge >= 0.3 is 6.03 Å². The fourth-order valence-electron chi connectivity index (χ4n) is 1.93. The van der Waals surface area contributed by atoms with Gasteiger partial charge in [-0.05, 0) is 13.8 Å². The van der Waals surface area contributed by atoms with Gasteiger partial charge in [-0.2, -0.15) is 4.98 Å². The van der Waals surface area contributed by atoms with Crippen LogP contribution in [0, 0.1) is 0 Å². The second kappa shape index (κ2) is 9.05. The molecule has 0 aliphatic heterocycles. The van der Waals surface area contributed by atoms with E-state index in [-0.39, 0.29) is 18.1 Å². The molecule has 0 saturated heterocycles. The lowest BCUT2D eigenvalue weighted by molar-refractivity contribution is -0.121. The Labute approximate surface area is 142 Å². The number of nitrogens with two attached hydrogens (primary N) is 2. The van der Waals surface area contributed by atoms with Gasteiger partial charge < -0.3 is 36.8 Å². The van der Waals surface area contributed by atoms with Crippen molar-refractivity contribution in [2.24, 2.45) is 11.5 Å². The summed E-state index contributed by atoms with van der Waals surface area (Å²) in [7, 11) is 0. The molecule has 0 aliphatic rings. The Hall–Kier alpha value is -2.57. The van der Waals surface area contributed by atoms with Crippen LogP contribution in [-0.2, 0) is 9.59 Å². The number of hydrogen-bond donors (Lipinski definition) is 6. The van der Waals surface area contributed by atoms with Gasteiger partial charge in [-0.3, -0.25) is 9.59 Å². The van der Waals surface area contributed by atoms with E-state index in [1.807, 2.05) is 0 Å². The SMILES string of the molecule is CC(=O)[C@H](NC(=O)N[C@H](CC(N)=O)c1nc([C@H](N)CO)no1)[C@@H](C)O. The second-order valence-electron chi connectivity index (χ2n) is 5.45. The number of urea groups is 1. The number of ketones is 1. The summed E-state index contributed by atoms with van der Waals surface area (Å²) in [5, 5.41) is 26.7. The Morgan fingerprint density at radius 2 is 1.96 bits per heavy atom. The standard InChI is InChI=1S/C13H22N6O6/c1-5(21)10(6(2)22)17-13(24)16-8(3-9(15)23)12-18-11(19-25-12)7(14)4-20/h5,7-8,10,20-21H,3-4,14H2,1-2H3,(H2,15,23)(H2,16,17,24)/t5-,7-,8-,10-/m1/s1. The van der Waals surface area contributed by atoms with Crippen molar-refractivity contribution in [2.75, 3.05) is 6.61 Å². The van der Waals surface area contributed by atoms with Gasteiger partial charge in [0.05, 0.1) is 25.2 Å². The molecule has 3 amide bonds. The summed E-state index contributed by atoms with van der Waals surface area (Å²) in [6.45, 7) is 2.12. The van der Waals surface area contributed by atoms with Crippen LogP contribution < -0.4 is 22.1 Å². The molecule has 0 unspecified atom stereocenters. The number of nitrogens with zero attached hydrogens (tertiary/aromatic N) is 2. The summed E-state index contributed by atoms with van der Waals surface area (Å²) in [5.41, 5.74) is 10.7. The lowest BCUT2D eigenvalue weighted by atomic mass is 10.1. The van der Waals surface area contributed by atoms with Crippen molar-refractivity contribution in [1.82, 2.24) is 20.8 Å². The average Bonchev–Trinajstić information content (AvgIpc) is 3.00. The quantitative estimate of drug-likeness (QED) is 0.278. The third-order valence-electron chi connectivity index (χ3n) is 3.20. The molecule has 8 N–H and O–H groups in total. The van der Waals surface area contributed by atoms with Crippen LogP contribution in [0.4, 0.5) is 4.79 Å². The first-order chi connectivity index (χ1) is 11.6. The summed E-state index contributed by atoms with van der Waals surface area (Å²) in [6, 6.07) is -3.95. The maximum absolute atomic E-state index is 12.0. The Bertz CT molecular complexity index is 618. The van der Waals surface area contributed by atoms with Crippen molar-refractivity contribution in [3.05, 3.63) is 11.7 Å². The second-order valence-corrected chi connectivity index (χ2v) is 5.45. The number of primary amides is 1. The first-order valence-corrected chi connectivity index (χ1v) is 7.39. The van der Waals surface area contributed by atoms with Gasteiger partial charge in [0.1, 0.15) is 12.1 Å². The van der Waals surface area contributed by atoms with E-state index >= 15 is 0 Å². The van der Waals surface area contributed by atoms with Gasteiger partial charge in [0, 0.05) is 0 Å². The van der Waals surface area contributed by atoms with Crippen LogP contribution in [0.2, 0.25) is 0 Å². The summed E-state index contributed by atoms with van der Waals surface area (Å²) in [6.07, 6.45) is -1.47. The zero-order valence-electron chi connectivity index (χ0n) is 13.8. The van der Waals surface area contributed by atoms with E-state index < -0.39 is 48.6 Å². The highest BCUT2D eigenvalue weighted by atomic mass is 16.5. The maximum Gasteiger partial charge on any atom is 0.316 e. The Morgan fingerprint density at radius 1 is 1.32 bits per heavy atom. The van der Waals surface area contributed by atoms with E-state index in [2.05, 4.69) is 20.8 Å². The van der Waals surface area contributed by atoms with Crippen LogP contribution in [0.5, 0.6) is 0 Å². The average molecular weight is 358 g/mol. The van der Waals surface area contributed by atoms with Crippen molar-refractivity contribution in [3.63, 3.8) is 0 Å². The van der Waals surface area contributed by atoms with Gasteiger partial charge in [0.2, 0.25) is 11.8 Å². The molecular weight excluding hydrogens is 336 g/mol. The molecule has 0 saturated carbocycles. The van der Waals surface area contributed by atoms with E-state index in [0.29, 0.717) is 0 Å². The van der Waals surface area contributed by atoms with E-state index in [9.17, 15) is 19.5 Å². The van der Waals surface area contributed by atoms with E-state index in [4.69, 9.17) is 21.1 Å². The molecule has 0 aliphatic carbocycles.